The number of ether oxygens (including phenoxy) is 5. The second-order valence-electron chi connectivity index (χ2n) is 8.90. The van der Waals surface area contributed by atoms with E-state index in [2.05, 4.69) is 36.2 Å². The van der Waals surface area contributed by atoms with Crippen LogP contribution in [0.25, 0.3) is 0 Å². The lowest BCUT2D eigenvalue weighted by Crippen LogP contribution is -2.49. The second kappa shape index (κ2) is 8.10. The highest BCUT2D eigenvalue weighted by atomic mass is 16.7. The maximum atomic E-state index is 6.55. The smallest absolute Gasteiger partial charge is 0.190 e. The molecule has 6 heteroatoms. The highest BCUT2D eigenvalue weighted by Gasteiger charge is 2.55. The predicted octanol–water partition coefficient (Wildman–Crippen LogP) is 4.10. The highest BCUT2D eigenvalue weighted by Crippen LogP contribution is 2.52. The molecule has 2 heterocycles. The van der Waals surface area contributed by atoms with Gasteiger partial charge in [-0.3, -0.25) is 0 Å². The van der Waals surface area contributed by atoms with Crippen LogP contribution in [0.5, 0.6) is 17.2 Å². The van der Waals surface area contributed by atoms with Gasteiger partial charge in [0, 0.05) is 17.9 Å². The van der Waals surface area contributed by atoms with Gasteiger partial charge in [0.05, 0.1) is 27.9 Å². The van der Waals surface area contributed by atoms with Gasteiger partial charge < -0.3 is 28.6 Å². The fourth-order valence-corrected chi connectivity index (χ4v) is 5.48. The molecular formula is C26H31NO5. The molecule has 5 rings (SSSR count). The van der Waals surface area contributed by atoms with Crippen molar-refractivity contribution in [2.24, 2.45) is 0 Å². The van der Waals surface area contributed by atoms with Crippen molar-refractivity contribution in [3.05, 3.63) is 65.7 Å². The topological polar surface area (TPSA) is 49.4 Å². The molecule has 0 amide bonds. The lowest BCUT2D eigenvalue weighted by molar-refractivity contribution is -0.150. The quantitative estimate of drug-likeness (QED) is 0.657. The van der Waals surface area contributed by atoms with Gasteiger partial charge in [-0.05, 0) is 61.5 Å². The van der Waals surface area contributed by atoms with Gasteiger partial charge in [0.25, 0.3) is 0 Å². The third-order valence-corrected chi connectivity index (χ3v) is 7.35. The summed E-state index contributed by atoms with van der Waals surface area (Å²) >= 11 is 0. The van der Waals surface area contributed by atoms with Crippen LogP contribution in [0.15, 0.2) is 54.6 Å². The molecule has 2 saturated heterocycles. The van der Waals surface area contributed by atoms with Gasteiger partial charge in [-0.2, -0.15) is 0 Å². The van der Waals surface area contributed by atoms with Crippen LogP contribution in [0.2, 0.25) is 0 Å². The zero-order chi connectivity index (χ0) is 22.3. The number of fused-ring (bicyclic) bond motifs is 1. The largest absolute Gasteiger partial charge is 0.497 e. The maximum Gasteiger partial charge on any atom is 0.190 e. The molecule has 1 spiro atoms. The SMILES string of the molecule is COc1ccc(C2COC3(C=C[C@@]4(c5ccc(OC)c(OC)c5)CCN(C)[C@H]4C3)O2)cc1. The monoisotopic (exact) mass is 437 g/mol. The molecule has 2 aromatic carbocycles. The molecule has 1 aliphatic carbocycles. The van der Waals surface area contributed by atoms with Crippen molar-refractivity contribution in [2.75, 3.05) is 41.5 Å². The molecule has 0 saturated carbocycles. The van der Waals surface area contributed by atoms with Crippen LogP contribution in [0.1, 0.15) is 30.1 Å². The number of hydrogen-bond donors (Lipinski definition) is 0. The number of likely N-dealkylation sites (tertiary alicyclic amines) is 1. The van der Waals surface area contributed by atoms with Crippen LogP contribution in [-0.2, 0) is 14.9 Å². The Labute approximate surface area is 189 Å². The minimum absolute atomic E-state index is 0.0918. The van der Waals surface area contributed by atoms with Crippen LogP contribution < -0.4 is 14.2 Å². The average Bonchev–Trinajstić information content (AvgIpc) is 3.41. The summed E-state index contributed by atoms with van der Waals surface area (Å²) in [6.07, 6.45) is 6.18. The van der Waals surface area contributed by atoms with Gasteiger partial charge in [0.15, 0.2) is 17.3 Å². The lowest BCUT2D eigenvalue weighted by Gasteiger charge is -2.43. The van der Waals surface area contributed by atoms with E-state index in [1.807, 2.05) is 30.3 Å². The number of methoxy groups -OCH3 is 3. The Morgan fingerprint density at radius 2 is 1.72 bits per heavy atom. The number of hydrogen-bond acceptors (Lipinski definition) is 6. The summed E-state index contributed by atoms with van der Waals surface area (Å²) in [5.74, 6) is 1.65. The Balaban J connectivity index is 1.44. The molecule has 32 heavy (non-hydrogen) atoms. The van der Waals surface area contributed by atoms with Gasteiger partial charge in [-0.25, -0.2) is 0 Å². The number of benzene rings is 2. The van der Waals surface area contributed by atoms with Crippen LogP contribution in [-0.4, -0.2) is 58.3 Å². The van der Waals surface area contributed by atoms with Crippen molar-refractivity contribution in [1.29, 1.82) is 0 Å². The first-order valence-electron chi connectivity index (χ1n) is 11.1. The van der Waals surface area contributed by atoms with E-state index in [0.717, 1.165) is 42.2 Å². The van der Waals surface area contributed by atoms with Gasteiger partial charge in [0.2, 0.25) is 0 Å². The standard InChI is InChI=1S/C26H31NO5/c1-27-14-13-25(19-7-10-21(29-3)22(15-19)30-4)11-12-26(16-24(25)27)31-17-23(32-26)18-5-8-20(28-2)9-6-18/h5-12,15,23-24H,13-14,16-17H2,1-4H3/t23?,24-,25-,26?/m0/s1. The van der Waals surface area contributed by atoms with Crippen LogP contribution in [0.4, 0.5) is 0 Å². The van der Waals surface area contributed by atoms with Crippen LogP contribution >= 0.6 is 0 Å². The Morgan fingerprint density at radius 3 is 2.44 bits per heavy atom. The summed E-state index contributed by atoms with van der Waals surface area (Å²) in [6.45, 7) is 1.55. The van der Waals surface area contributed by atoms with E-state index in [4.69, 9.17) is 23.7 Å². The lowest BCUT2D eigenvalue weighted by atomic mass is 9.68. The first kappa shape index (κ1) is 21.3. The second-order valence-corrected chi connectivity index (χ2v) is 8.90. The summed E-state index contributed by atoms with van der Waals surface area (Å²) in [6, 6.07) is 14.6. The normalized spacial score (nSPS) is 31.6. The summed E-state index contributed by atoms with van der Waals surface area (Å²) in [7, 11) is 7.22. The Morgan fingerprint density at radius 1 is 0.938 bits per heavy atom. The summed E-state index contributed by atoms with van der Waals surface area (Å²) in [5.41, 5.74) is 2.23. The fourth-order valence-electron chi connectivity index (χ4n) is 5.48. The summed E-state index contributed by atoms with van der Waals surface area (Å²) in [4.78, 5) is 2.43. The van der Waals surface area contributed by atoms with E-state index in [1.54, 1.807) is 21.3 Å². The van der Waals surface area contributed by atoms with Gasteiger partial charge >= 0.3 is 0 Å². The van der Waals surface area contributed by atoms with Gasteiger partial charge in [-0.15, -0.1) is 0 Å². The molecule has 4 atom stereocenters. The average molecular weight is 438 g/mol. The van der Waals surface area contributed by atoms with Crippen LogP contribution in [0, 0.1) is 0 Å². The van der Waals surface area contributed by atoms with Crippen LogP contribution in [0.3, 0.4) is 0 Å². The third-order valence-electron chi connectivity index (χ3n) is 7.35. The van der Waals surface area contributed by atoms with Crippen molar-refractivity contribution in [2.45, 2.75) is 36.2 Å². The molecule has 0 aromatic heterocycles. The molecular weight excluding hydrogens is 406 g/mol. The molecule has 2 aromatic rings. The summed E-state index contributed by atoms with van der Waals surface area (Å²) < 4.78 is 29.2. The molecule has 2 fully saturated rings. The third kappa shape index (κ3) is 3.38. The fraction of sp³-hybridized carbons (Fsp3) is 0.462. The Bertz CT molecular complexity index is 1010. The molecule has 2 unspecified atom stereocenters. The van der Waals surface area contributed by atoms with Crippen molar-refractivity contribution in [1.82, 2.24) is 4.90 Å². The zero-order valence-corrected chi connectivity index (χ0v) is 19.2. The van der Waals surface area contributed by atoms with Gasteiger partial charge in [-0.1, -0.05) is 24.3 Å². The molecule has 170 valence electrons. The summed E-state index contributed by atoms with van der Waals surface area (Å²) in [5, 5.41) is 0. The number of rotatable bonds is 5. The van der Waals surface area contributed by atoms with E-state index in [9.17, 15) is 0 Å². The highest BCUT2D eigenvalue weighted by molar-refractivity contribution is 5.49. The number of likely N-dealkylation sites (N-methyl/N-ethyl adjacent to an activating group) is 1. The minimum Gasteiger partial charge on any atom is -0.497 e. The van der Waals surface area contributed by atoms with Crippen molar-refractivity contribution >= 4 is 0 Å². The molecule has 6 nitrogen and oxygen atoms in total. The van der Waals surface area contributed by atoms with E-state index < -0.39 is 5.79 Å². The number of nitrogens with zero attached hydrogens (tertiary/aromatic N) is 1. The first-order valence-corrected chi connectivity index (χ1v) is 11.1. The Kier molecular flexibility index (Phi) is 5.40. The van der Waals surface area contributed by atoms with E-state index in [0.29, 0.717) is 6.61 Å². The predicted molar refractivity (Wildman–Crippen MR) is 122 cm³/mol. The zero-order valence-electron chi connectivity index (χ0n) is 19.2. The van der Waals surface area contributed by atoms with Crippen molar-refractivity contribution < 1.29 is 23.7 Å². The molecule has 0 N–H and O–H groups in total. The minimum atomic E-state index is -0.700. The molecule has 0 bridgehead atoms. The molecule has 2 aliphatic heterocycles. The maximum absolute atomic E-state index is 6.55. The van der Waals surface area contributed by atoms with E-state index in [1.165, 1.54) is 5.56 Å². The van der Waals surface area contributed by atoms with E-state index >= 15 is 0 Å². The van der Waals surface area contributed by atoms with Crippen molar-refractivity contribution in [3.8, 4) is 17.2 Å². The molecule has 0 radical (unpaired) electrons. The van der Waals surface area contributed by atoms with Gasteiger partial charge in [0.1, 0.15) is 11.9 Å². The first-order chi connectivity index (χ1) is 15.5. The molecule has 3 aliphatic rings. The van der Waals surface area contributed by atoms with E-state index in [-0.39, 0.29) is 17.6 Å². The van der Waals surface area contributed by atoms with Crippen molar-refractivity contribution in [3.63, 3.8) is 0 Å². The Hall–Kier alpha value is -2.54.